The van der Waals surface area contributed by atoms with Gasteiger partial charge in [0.1, 0.15) is 6.04 Å². The van der Waals surface area contributed by atoms with Gasteiger partial charge in [-0.1, -0.05) is 99.1 Å². The average molecular weight is 602 g/mol. The molecule has 8 nitrogen and oxygen atoms in total. The van der Waals surface area contributed by atoms with Crippen molar-refractivity contribution in [3.8, 4) is 6.07 Å². The first-order valence-corrected chi connectivity index (χ1v) is 16.2. The van der Waals surface area contributed by atoms with E-state index in [0.717, 1.165) is 11.1 Å². The first kappa shape index (κ1) is 31.9. The molecule has 0 aliphatic carbocycles. The molecular weight excluding hydrogens is 562 g/mol. The molecule has 2 amide bonds. The van der Waals surface area contributed by atoms with Crippen LogP contribution in [0.4, 0.5) is 0 Å². The largest absolute Gasteiger partial charge is 0.391 e. The smallest absolute Gasteiger partial charge is 0.243 e. The highest BCUT2D eigenvalue weighted by Crippen LogP contribution is 2.37. The number of nitrogens with zero attached hydrogens (tertiary/aromatic N) is 2. The molecule has 3 atom stereocenters. The summed E-state index contributed by atoms with van der Waals surface area (Å²) in [5, 5.41) is 23.6. The lowest BCUT2D eigenvalue weighted by Crippen LogP contribution is -2.47. The van der Waals surface area contributed by atoms with Crippen LogP contribution >= 0.6 is 0 Å². The normalized spacial score (nSPS) is 18.3. The predicted octanol–water partition coefficient (Wildman–Crippen LogP) is 4.81. The molecule has 3 aromatic rings. The van der Waals surface area contributed by atoms with Gasteiger partial charge < -0.3 is 15.3 Å². The summed E-state index contributed by atoms with van der Waals surface area (Å²) in [6, 6.07) is 28.0. The van der Waals surface area contributed by atoms with Crippen molar-refractivity contribution in [1.82, 2.24) is 10.2 Å². The maximum atomic E-state index is 13.6. The van der Waals surface area contributed by atoms with E-state index in [4.69, 9.17) is 0 Å². The van der Waals surface area contributed by atoms with Crippen molar-refractivity contribution < 1.29 is 23.1 Å². The maximum Gasteiger partial charge on any atom is 0.243 e. The van der Waals surface area contributed by atoms with Gasteiger partial charge in [-0.15, -0.1) is 0 Å². The molecular formula is C34H39N3O5S. The van der Waals surface area contributed by atoms with Gasteiger partial charge in [-0.3, -0.25) is 9.59 Å². The van der Waals surface area contributed by atoms with Crippen molar-refractivity contribution in [3.05, 3.63) is 102 Å². The summed E-state index contributed by atoms with van der Waals surface area (Å²) in [5.74, 6) is -1.10. The molecule has 9 heteroatoms. The standard InChI is InChI=1S/C34H39N3O5S/c1-25(2)34(24-35,43(41,42)29-18-10-5-11-19-29)21-13-12-20-31(39)37-23-28(38)22-30(37)33(40)36-32(26-14-6-3-7-15-26)27-16-8-4-9-17-27/h3-11,14-19,25,28,30,32,38H,12-13,20-23H2,1-2H3,(H,36,40)/t28-,30-,34?/m0/s1. The molecule has 1 fully saturated rings. The van der Waals surface area contributed by atoms with Crippen molar-refractivity contribution in [2.45, 2.75) is 73.8 Å². The number of rotatable bonds is 12. The van der Waals surface area contributed by atoms with E-state index in [9.17, 15) is 28.4 Å². The number of sulfone groups is 1. The van der Waals surface area contributed by atoms with Crippen LogP contribution in [0.1, 0.15) is 63.1 Å². The zero-order valence-corrected chi connectivity index (χ0v) is 25.4. The molecule has 0 bridgehead atoms. The van der Waals surface area contributed by atoms with Crippen molar-refractivity contribution in [2.24, 2.45) is 5.92 Å². The number of nitriles is 1. The van der Waals surface area contributed by atoms with E-state index in [1.807, 2.05) is 60.7 Å². The molecule has 2 N–H and O–H groups in total. The molecule has 1 aliphatic heterocycles. The van der Waals surface area contributed by atoms with Crippen LogP contribution in [0.5, 0.6) is 0 Å². The van der Waals surface area contributed by atoms with Gasteiger partial charge in [0.25, 0.3) is 0 Å². The molecule has 0 radical (unpaired) electrons. The van der Waals surface area contributed by atoms with E-state index >= 15 is 0 Å². The average Bonchev–Trinajstić information content (AvgIpc) is 3.42. The highest BCUT2D eigenvalue weighted by molar-refractivity contribution is 7.93. The molecule has 226 valence electrons. The lowest BCUT2D eigenvalue weighted by Gasteiger charge is -2.30. The minimum Gasteiger partial charge on any atom is -0.391 e. The summed E-state index contributed by atoms with van der Waals surface area (Å²) in [5.41, 5.74) is 1.80. The molecule has 1 aliphatic rings. The van der Waals surface area contributed by atoms with E-state index in [1.165, 1.54) is 17.0 Å². The molecule has 1 heterocycles. The van der Waals surface area contributed by atoms with Gasteiger partial charge in [-0.05, 0) is 42.0 Å². The number of hydrogen-bond acceptors (Lipinski definition) is 6. The van der Waals surface area contributed by atoms with E-state index in [0.29, 0.717) is 12.8 Å². The number of nitrogens with one attached hydrogen (secondary N) is 1. The second kappa shape index (κ2) is 14.0. The Morgan fingerprint density at radius 3 is 2.00 bits per heavy atom. The summed E-state index contributed by atoms with van der Waals surface area (Å²) in [7, 11) is -3.96. The number of aliphatic hydroxyl groups is 1. The first-order valence-electron chi connectivity index (χ1n) is 14.7. The topological polar surface area (TPSA) is 128 Å². The van der Waals surface area contributed by atoms with Crippen LogP contribution in [0.15, 0.2) is 95.9 Å². The fraction of sp³-hybridized carbons (Fsp3) is 0.382. The van der Waals surface area contributed by atoms with Crippen molar-refractivity contribution in [2.75, 3.05) is 6.54 Å². The fourth-order valence-electron chi connectivity index (χ4n) is 5.82. The lowest BCUT2D eigenvalue weighted by molar-refractivity contribution is -0.138. The second-order valence-corrected chi connectivity index (χ2v) is 13.6. The zero-order valence-electron chi connectivity index (χ0n) is 24.6. The molecule has 1 unspecified atom stereocenters. The third kappa shape index (κ3) is 6.98. The monoisotopic (exact) mass is 601 g/mol. The van der Waals surface area contributed by atoms with Crippen molar-refractivity contribution in [1.29, 1.82) is 5.26 Å². The highest BCUT2D eigenvalue weighted by Gasteiger charge is 2.47. The van der Waals surface area contributed by atoms with Gasteiger partial charge >= 0.3 is 0 Å². The van der Waals surface area contributed by atoms with Crippen LogP contribution in [0.25, 0.3) is 0 Å². The van der Waals surface area contributed by atoms with E-state index < -0.39 is 38.7 Å². The first-order chi connectivity index (χ1) is 20.6. The Balaban J connectivity index is 1.43. The summed E-state index contributed by atoms with van der Waals surface area (Å²) < 4.78 is 25.5. The van der Waals surface area contributed by atoms with Crippen LogP contribution < -0.4 is 5.32 Å². The molecule has 1 saturated heterocycles. The molecule has 4 rings (SSSR count). The van der Waals surface area contributed by atoms with Gasteiger partial charge in [-0.25, -0.2) is 8.42 Å². The van der Waals surface area contributed by atoms with Crippen LogP contribution in [-0.4, -0.2) is 53.7 Å². The Bertz CT molecular complexity index is 1480. The van der Waals surface area contributed by atoms with E-state index in [-0.39, 0.29) is 42.5 Å². The highest BCUT2D eigenvalue weighted by atomic mass is 32.2. The maximum absolute atomic E-state index is 13.6. The lowest BCUT2D eigenvalue weighted by atomic mass is 9.90. The van der Waals surface area contributed by atoms with Crippen LogP contribution in [0.2, 0.25) is 0 Å². The summed E-state index contributed by atoms with van der Waals surface area (Å²) in [6.07, 6.45) is 0.136. The van der Waals surface area contributed by atoms with Crippen molar-refractivity contribution >= 4 is 21.7 Å². The number of carbonyl (C=O) groups excluding carboxylic acids is 2. The number of hydrogen-bond donors (Lipinski definition) is 2. The van der Waals surface area contributed by atoms with Gasteiger partial charge in [0.15, 0.2) is 14.6 Å². The number of carbonyl (C=O) groups is 2. The minimum absolute atomic E-state index is 0.0504. The van der Waals surface area contributed by atoms with E-state index in [1.54, 1.807) is 32.0 Å². The molecule has 0 aromatic heterocycles. The van der Waals surface area contributed by atoms with Crippen LogP contribution in [-0.2, 0) is 19.4 Å². The van der Waals surface area contributed by atoms with Crippen molar-refractivity contribution in [3.63, 3.8) is 0 Å². The second-order valence-electron chi connectivity index (χ2n) is 11.4. The molecule has 0 saturated carbocycles. The SMILES string of the molecule is CC(C)C(C#N)(CCCCC(=O)N1C[C@@H](O)C[C@H]1C(=O)NC(c1ccccc1)c1ccccc1)S(=O)(=O)c1ccccc1. The number of aliphatic hydroxyl groups excluding tert-OH is 1. The Kier molecular flexibility index (Phi) is 10.4. The van der Waals surface area contributed by atoms with Gasteiger partial charge in [-0.2, -0.15) is 5.26 Å². The van der Waals surface area contributed by atoms with E-state index in [2.05, 4.69) is 11.4 Å². The third-order valence-corrected chi connectivity index (χ3v) is 10.9. The number of amides is 2. The third-order valence-electron chi connectivity index (χ3n) is 8.30. The van der Waals surface area contributed by atoms with Gasteiger partial charge in [0.05, 0.1) is 23.1 Å². The minimum atomic E-state index is -3.96. The summed E-state index contributed by atoms with van der Waals surface area (Å²) in [6.45, 7) is 3.50. The quantitative estimate of drug-likeness (QED) is 0.287. The number of β-amino-alcohol motifs (C(OH)–C–C–N with tert-alkyl or cyclic N) is 1. The van der Waals surface area contributed by atoms with Crippen LogP contribution in [0.3, 0.4) is 0 Å². The molecule has 43 heavy (non-hydrogen) atoms. The Hall–Kier alpha value is -4.00. The Labute approximate surface area is 254 Å². The number of unbranched alkanes of at least 4 members (excludes halogenated alkanes) is 1. The number of benzene rings is 3. The Morgan fingerprint density at radius 1 is 0.953 bits per heavy atom. The predicted molar refractivity (Wildman–Crippen MR) is 164 cm³/mol. The Morgan fingerprint density at radius 2 is 1.49 bits per heavy atom. The van der Waals surface area contributed by atoms with Gasteiger partial charge in [0, 0.05) is 19.4 Å². The zero-order chi connectivity index (χ0) is 31.0. The fourth-order valence-corrected chi connectivity index (χ4v) is 7.91. The molecule has 3 aromatic carbocycles. The summed E-state index contributed by atoms with van der Waals surface area (Å²) >= 11 is 0. The summed E-state index contributed by atoms with van der Waals surface area (Å²) in [4.78, 5) is 28.4. The van der Waals surface area contributed by atoms with Crippen LogP contribution in [0, 0.1) is 17.2 Å². The van der Waals surface area contributed by atoms with Gasteiger partial charge in [0.2, 0.25) is 11.8 Å². The number of likely N-dealkylation sites (tertiary alicyclic amines) is 1. The molecule has 0 spiro atoms.